The van der Waals surface area contributed by atoms with Crippen LogP contribution >= 0.6 is 10.0 Å². The van der Waals surface area contributed by atoms with Gasteiger partial charge in [-0.3, -0.25) is 0 Å². The molecule has 12 heteroatoms. The van der Waals surface area contributed by atoms with Crippen molar-refractivity contribution in [1.82, 2.24) is 0 Å². The molecule has 1 fully saturated rings. The van der Waals surface area contributed by atoms with Gasteiger partial charge in [-0.05, 0) is 0 Å². The molecule has 1 aliphatic rings. The van der Waals surface area contributed by atoms with Crippen LogP contribution in [-0.4, -0.2) is 85.5 Å². The first-order valence-corrected chi connectivity index (χ1v) is 15.2. The molecular weight excluding hydrogens is 471 g/mol. The molecule has 1 heterocycles. The maximum atomic E-state index is 11.7. The van der Waals surface area contributed by atoms with E-state index < -0.39 is 67.2 Å². The predicted molar refractivity (Wildman–Crippen MR) is 103 cm³/mol. The van der Waals surface area contributed by atoms with Crippen LogP contribution in [0.5, 0.6) is 0 Å². The summed E-state index contributed by atoms with van der Waals surface area (Å²) in [6.07, 6.45) is -4.28. The Bertz CT molecular complexity index is 601. The zero-order valence-corrected chi connectivity index (χ0v) is 19.7. The van der Waals surface area contributed by atoms with Crippen LogP contribution in [0.4, 0.5) is 0 Å². The Balaban J connectivity index is 3.28. The second-order valence-electron chi connectivity index (χ2n) is 6.25. The van der Waals surface area contributed by atoms with Gasteiger partial charge in [-0.1, -0.05) is 0 Å². The summed E-state index contributed by atoms with van der Waals surface area (Å²) in [6.45, 7) is 4.54. The Morgan fingerprint density at radius 3 is 1.90 bits per heavy atom. The number of carbonyl (C=O) groups is 4. The third kappa shape index (κ3) is 8.94. The molecule has 0 amide bonds. The summed E-state index contributed by atoms with van der Waals surface area (Å²) in [5.41, 5.74) is 1.23. The van der Waals surface area contributed by atoms with E-state index in [9.17, 15) is 24.3 Å². The Morgan fingerprint density at radius 1 is 0.897 bits per heavy atom. The number of rotatable bonds is 9. The van der Waals surface area contributed by atoms with Gasteiger partial charge in [0.2, 0.25) is 0 Å². The fourth-order valence-corrected chi connectivity index (χ4v) is 8.61. The second kappa shape index (κ2) is 12.4. The summed E-state index contributed by atoms with van der Waals surface area (Å²) in [6, 6.07) is 0. The fraction of sp³-hybridized carbons (Fsp3) is 0.765. The van der Waals surface area contributed by atoms with Gasteiger partial charge in [-0.15, -0.1) is 0 Å². The number of carbonyl (C=O) groups excluding carboxylic acids is 4. The van der Waals surface area contributed by atoms with Crippen LogP contribution in [-0.2, 0) is 42.9 Å². The van der Waals surface area contributed by atoms with Crippen LogP contribution in [0.15, 0.2) is 0 Å². The molecular formula is C17H27AsO10S. The van der Waals surface area contributed by atoms with Gasteiger partial charge in [-0.25, -0.2) is 0 Å². The van der Waals surface area contributed by atoms with Crippen LogP contribution in [0.25, 0.3) is 0 Å². The van der Waals surface area contributed by atoms with Crippen molar-refractivity contribution in [1.29, 1.82) is 0 Å². The molecule has 1 rings (SSSR count). The van der Waals surface area contributed by atoms with Crippen molar-refractivity contribution in [2.45, 2.75) is 68.5 Å². The zero-order chi connectivity index (χ0) is 22.1. The molecule has 1 saturated heterocycles. The molecule has 1 N–H and O–H groups in total. The van der Waals surface area contributed by atoms with E-state index in [1.165, 1.54) is 37.7 Å². The van der Waals surface area contributed by atoms with E-state index >= 15 is 0 Å². The van der Waals surface area contributed by atoms with E-state index in [-0.39, 0.29) is 13.2 Å². The molecule has 10 nitrogen and oxygen atoms in total. The summed E-state index contributed by atoms with van der Waals surface area (Å²) < 4.78 is 27.1. The molecule has 0 radical (unpaired) electrons. The third-order valence-corrected chi connectivity index (χ3v) is 10.9. The van der Waals surface area contributed by atoms with Crippen molar-refractivity contribution < 1.29 is 48.0 Å². The number of esters is 4. The molecule has 0 aromatic rings. The Labute approximate surface area is 177 Å². The van der Waals surface area contributed by atoms with Crippen molar-refractivity contribution >= 4 is 47.4 Å². The van der Waals surface area contributed by atoms with E-state index in [0.717, 1.165) is 0 Å². The first-order chi connectivity index (χ1) is 13.5. The molecule has 1 aliphatic heterocycles. The van der Waals surface area contributed by atoms with Crippen LogP contribution < -0.4 is 0 Å². The fourth-order valence-electron chi connectivity index (χ4n) is 2.64. The zero-order valence-electron chi connectivity index (χ0n) is 17.0. The minimum absolute atomic E-state index is 0.00871. The van der Waals surface area contributed by atoms with Crippen molar-refractivity contribution in [3.8, 4) is 0 Å². The average Bonchev–Trinajstić information content (AvgIpc) is 2.57. The first kappa shape index (κ1) is 25.7. The topological polar surface area (TPSA) is 135 Å². The van der Waals surface area contributed by atoms with Crippen LogP contribution in [0.1, 0.15) is 27.7 Å². The quantitative estimate of drug-likeness (QED) is 0.269. The number of aliphatic hydroxyl groups excluding tert-OH is 1. The van der Waals surface area contributed by atoms with Crippen LogP contribution in [0, 0.1) is 0 Å². The summed E-state index contributed by atoms with van der Waals surface area (Å²) in [5, 5.41) is 9.79. The molecule has 0 saturated carbocycles. The van der Waals surface area contributed by atoms with E-state index in [2.05, 4.69) is 0 Å². The van der Waals surface area contributed by atoms with Crippen molar-refractivity contribution in [2.24, 2.45) is 0 Å². The molecule has 29 heavy (non-hydrogen) atoms. The van der Waals surface area contributed by atoms with Gasteiger partial charge in [0, 0.05) is 0 Å². The van der Waals surface area contributed by atoms with Gasteiger partial charge in [0.05, 0.1) is 0 Å². The van der Waals surface area contributed by atoms with Gasteiger partial charge in [-0.2, -0.15) is 0 Å². The summed E-state index contributed by atoms with van der Waals surface area (Å²) in [4.78, 5) is 46.3. The van der Waals surface area contributed by atoms with E-state index in [0.29, 0.717) is 5.21 Å². The molecule has 0 spiro atoms. The van der Waals surface area contributed by atoms with E-state index in [1.807, 2.05) is 5.71 Å². The molecule has 0 aromatic heterocycles. The van der Waals surface area contributed by atoms with Gasteiger partial charge in [0.1, 0.15) is 0 Å². The Hall–Kier alpha value is -1.29. The van der Waals surface area contributed by atoms with Gasteiger partial charge in [0.15, 0.2) is 0 Å². The van der Waals surface area contributed by atoms with Crippen LogP contribution in [0.2, 0.25) is 10.9 Å². The number of aliphatic hydroxyl groups is 1. The van der Waals surface area contributed by atoms with Crippen LogP contribution in [0.3, 0.4) is 0 Å². The van der Waals surface area contributed by atoms with Gasteiger partial charge >= 0.3 is 177 Å². The summed E-state index contributed by atoms with van der Waals surface area (Å²) in [7, 11) is 1.40. The number of hydrogen-bond acceptors (Lipinski definition) is 11. The Morgan fingerprint density at radius 2 is 1.41 bits per heavy atom. The monoisotopic (exact) mass is 498 g/mol. The molecule has 0 aromatic carbocycles. The van der Waals surface area contributed by atoms with E-state index in [4.69, 9.17) is 23.7 Å². The van der Waals surface area contributed by atoms with Gasteiger partial charge in [0.25, 0.3) is 0 Å². The third-order valence-electron chi connectivity index (χ3n) is 3.65. The maximum absolute atomic E-state index is 11.7. The van der Waals surface area contributed by atoms with Crippen molar-refractivity contribution in [3.63, 3.8) is 0 Å². The molecule has 6 unspecified atom stereocenters. The predicted octanol–water partition coefficient (Wildman–Crippen LogP) is 0.416. The standard InChI is InChI=1S/C17H27AsO10S/c1-9(20)24-8-13-14(25-10(2)21)15(26-11(3)22)16(27-12(4)23)17(28-13)29-18(5)6-7-19/h13-17,19H,6-8H2,1-5H3. The second-order valence-corrected chi connectivity index (χ2v) is 15.1. The number of hydrogen-bond donors (Lipinski definition) is 1. The SMILES string of the molecule is CC(=O)OCC1OC(S[As](C)CCO)C(OC(C)=O)C(OC(C)=O)C1OC(C)=O. The minimum atomic E-state index is -1.62. The summed E-state index contributed by atoms with van der Waals surface area (Å²) in [5.74, 6) is -2.52. The molecule has 0 bridgehead atoms. The molecule has 6 atom stereocenters. The normalized spacial score (nSPS) is 27.4. The van der Waals surface area contributed by atoms with Crippen molar-refractivity contribution in [2.75, 3.05) is 13.2 Å². The molecule has 166 valence electrons. The molecule has 0 aliphatic carbocycles. The average molecular weight is 498 g/mol. The Kier molecular flexibility index (Phi) is 11.0. The van der Waals surface area contributed by atoms with Gasteiger partial charge < -0.3 is 0 Å². The van der Waals surface area contributed by atoms with Crippen molar-refractivity contribution in [3.05, 3.63) is 0 Å². The summed E-state index contributed by atoms with van der Waals surface area (Å²) >= 11 is -1.62. The first-order valence-electron chi connectivity index (χ1n) is 8.84. The van der Waals surface area contributed by atoms with E-state index in [1.54, 1.807) is 0 Å². The number of ether oxygens (including phenoxy) is 5.